The van der Waals surface area contributed by atoms with Crippen molar-refractivity contribution < 1.29 is 9.59 Å². The van der Waals surface area contributed by atoms with Crippen LogP contribution in [0.3, 0.4) is 0 Å². The Hall–Kier alpha value is -3.78. The molecule has 4 N–H and O–H groups in total. The molecule has 1 aromatic heterocycles. The molecule has 2 aromatic carbocycles. The molecule has 4 rings (SSSR count). The van der Waals surface area contributed by atoms with Crippen LogP contribution in [0.4, 0.5) is 11.5 Å². The summed E-state index contributed by atoms with van der Waals surface area (Å²) in [6, 6.07) is 16.4. The summed E-state index contributed by atoms with van der Waals surface area (Å²) in [5, 5.41) is 5.87. The van der Waals surface area contributed by atoms with E-state index >= 15 is 0 Å². The van der Waals surface area contributed by atoms with Crippen LogP contribution in [-0.4, -0.2) is 52.9 Å². The molecule has 1 aliphatic heterocycles. The van der Waals surface area contributed by atoms with E-state index in [9.17, 15) is 9.59 Å². The molecule has 1 aliphatic rings. The fourth-order valence-electron chi connectivity index (χ4n) is 3.63. The lowest BCUT2D eigenvalue weighted by Gasteiger charge is -2.29. The third-order valence-corrected chi connectivity index (χ3v) is 5.54. The number of benzene rings is 2. The van der Waals surface area contributed by atoms with Crippen LogP contribution in [0.5, 0.6) is 0 Å². The van der Waals surface area contributed by atoms with Gasteiger partial charge >= 0.3 is 0 Å². The highest BCUT2D eigenvalue weighted by atomic mass is 16.2. The number of likely N-dealkylation sites (tertiary alicyclic amines) is 1. The second-order valence-corrected chi connectivity index (χ2v) is 7.94. The number of amides is 2. The molecule has 8 nitrogen and oxygen atoms in total. The summed E-state index contributed by atoms with van der Waals surface area (Å²) >= 11 is 0. The summed E-state index contributed by atoms with van der Waals surface area (Å²) in [7, 11) is 2.09. The number of nitrogens with two attached hydrogens (primary N) is 1. The monoisotopic (exact) mass is 430 g/mol. The number of aromatic nitrogens is 2. The van der Waals surface area contributed by atoms with Gasteiger partial charge < -0.3 is 21.3 Å². The predicted molar refractivity (Wildman–Crippen MR) is 124 cm³/mol. The highest BCUT2D eigenvalue weighted by molar-refractivity contribution is 6.06. The molecule has 0 aliphatic carbocycles. The molecule has 164 valence electrons. The van der Waals surface area contributed by atoms with Crippen LogP contribution in [0, 0.1) is 0 Å². The topological polar surface area (TPSA) is 113 Å². The minimum Gasteiger partial charge on any atom is -0.382 e. The molecule has 0 unspecified atom stereocenters. The Morgan fingerprint density at radius 1 is 1.00 bits per heavy atom. The normalized spacial score (nSPS) is 14.7. The minimum absolute atomic E-state index is 0.0513. The summed E-state index contributed by atoms with van der Waals surface area (Å²) in [5.41, 5.74) is 8.41. The molecular formula is C24H26N6O2. The molecule has 1 fully saturated rings. The Labute approximate surface area is 186 Å². The quantitative estimate of drug-likeness (QED) is 0.574. The van der Waals surface area contributed by atoms with Crippen molar-refractivity contribution in [2.45, 2.75) is 18.9 Å². The molecule has 0 saturated carbocycles. The van der Waals surface area contributed by atoms with E-state index in [2.05, 4.69) is 32.5 Å². The standard InChI is InChI=1S/C24H26N6O2/c1-30-13-11-19(12-14-30)27-23(31)17-9-7-16(8-10-17)20-15-26-22(25)21(29-20)24(32)28-18-5-3-2-4-6-18/h2-10,15,19H,11-14H2,1H3,(H2,25,26)(H,27,31)(H,28,32). The van der Waals surface area contributed by atoms with Gasteiger partial charge in [0.15, 0.2) is 11.5 Å². The van der Waals surface area contributed by atoms with Crippen molar-refractivity contribution in [2.24, 2.45) is 0 Å². The summed E-state index contributed by atoms with van der Waals surface area (Å²) < 4.78 is 0. The Morgan fingerprint density at radius 2 is 1.69 bits per heavy atom. The van der Waals surface area contributed by atoms with Crippen LogP contribution in [-0.2, 0) is 0 Å². The molecule has 3 aromatic rings. The van der Waals surface area contributed by atoms with Gasteiger partial charge in [-0.25, -0.2) is 9.97 Å². The molecule has 8 heteroatoms. The number of piperidine rings is 1. The Balaban J connectivity index is 1.46. The van der Waals surface area contributed by atoms with E-state index < -0.39 is 5.91 Å². The fourth-order valence-corrected chi connectivity index (χ4v) is 3.63. The number of nitrogen functional groups attached to an aromatic ring is 1. The average molecular weight is 431 g/mol. The average Bonchev–Trinajstić information content (AvgIpc) is 2.81. The highest BCUT2D eigenvalue weighted by Crippen LogP contribution is 2.20. The lowest BCUT2D eigenvalue weighted by molar-refractivity contribution is 0.0916. The number of anilines is 2. The summed E-state index contributed by atoms with van der Waals surface area (Å²) in [6.07, 6.45) is 3.42. The maximum absolute atomic E-state index is 12.6. The Bertz CT molecular complexity index is 1090. The molecule has 1 saturated heterocycles. The predicted octanol–water partition coefficient (Wildman–Crippen LogP) is 2.80. The van der Waals surface area contributed by atoms with Crippen molar-refractivity contribution in [2.75, 3.05) is 31.2 Å². The van der Waals surface area contributed by atoms with Gasteiger partial charge in [0.05, 0.1) is 11.9 Å². The molecule has 2 amide bonds. The zero-order valence-corrected chi connectivity index (χ0v) is 17.9. The van der Waals surface area contributed by atoms with Crippen LogP contribution in [0.15, 0.2) is 60.8 Å². The molecule has 32 heavy (non-hydrogen) atoms. The van der Waals surface area contributed by atoms with Gasteiger partial charge in [0, 0.05) is 22.9 Å². The second-order valence-electron chi connectivity index (χ2n) is 7.94. The largest absolute Gasteiger partial charge is 0.382 e. The molecule has 0 bridgehead atoms. The molecule has 0 radical (unpaired) electrons. The number of hydrogen-bond donors (Lipinski definition) is 3. The first-order chi connectivity index (χ1) is 15.5. The molecule has 2 heterocycles. The molecular weight excluding hydrogens is 404 g/mol. The van der Waals surface area contributed by atoms with E-state index in [-0.39, 0.29) is 23.5 Å². The van der Waals surface area contributed by atoms with E-state index in [1.54, 1.807) is 36.4 Å². The first kappa shape index (κ1) is 21.5. The number of carbonyl (C=O) groups is 2. The van der Waals surface area contributed by atoms with Crippen LogP contribution in [0.25, 0.3) is 11.3 Å². The van der Waals surface area contributed by atoms with Crippen molar-refractivity contribution in [3.63, 3.8) is 0 Å². The Kier molecular flexibility index (Phi) is 6.42. The van der Waals surface area contributed by atoms with E-state index in [1.165, 1.54) is 6.20 Å². The van der Waals surface area contributed by atoms with Gasteiger partial charge in [0.25, 0.3) is 11.8 Å². The molecule has 0 spiro atoms. The third kappa shape index (κ3) is 5.09. The first-order valence-corrected chi connectivity index (χ1v) is 10.6. The highest BCUT2D eigenvalue weighted by Gasteiger charge is 2.19. The van der Waals surface area contributed by atoms with E-state index in [0.29, 0.717) is 16.9 Å². The smallest absolute Gasteiger partial charge is 0.278 e. The third-order valence-electron chi connectivity index (χ3n) is 5.54. The lowest BCUT2D eigenvalue weighted by Crippen LogP contribution is -2.43. The summed E-state index contributed by atoms with van der Waals surface area (Å²) in [4.78, 5) is 36.0. The van der Waals surface area contributed by atoms with E-state index in [0.717, 1.165) is 31.5 Å². The minimum atomic E-state index is -0.433. The van der Waals surface area contributed by atoms with Crippen molar-refractivity contribution in [3.8, 4) is 11.3 Å². The summed E-state index contributed by atoms with van der Waals surface area (Å²) in [5.74, 6) is -0.467. The van der Waals surface area contributed by atoms with Crippen LogP contribution in [0.1, 0.15) is 33.7 Å². The van der Waals surface area contributed by atoms with Gasteiger partial charge in [-0.2, -0.15) is 0 Å². The van der Waals surface area contributed by atoms with Gasteiger partial charge in [0.2, 0.25) is 0 Å². The van der Waals surface area contributed by atoms with Gasteiger partial charge in [-0.1, -0.05) is 30.3 Å². The lowest BCUT2D eigenvalue weighted by atomic mass is 10.0. The van der Waals surface area contributed by atoms with Crippen LogP contribution < -0.4 is 16.4 Å². The SMILES string of the molecule is CN1CCC(NC(=O)c2ccc(-c3cnc(N)c(C(=O)Nc4ccccc4)n3)cc2)CC1. The maximum Gasteiger partial charge on any atom is 0.278 e. The van der Waals surface area contributed by atoms with Crippen molar-refractivity contribution in [3.05, 3.63) is 72.1 Å². The fraction of sp³-hybridized carbons (Fsp3) is 0.250. The summed E-state index contributed by atoms with van der Waals surface area (Å²) in [6.45, 7) is 1.97. The zero-order chi connectivity index (χ0) is 22.5. The second kappa shape index (κ2) is 9.57. The number of carbonyl (C=O) groups excluding carboxylic acids is 2. The zero-order valence-electron chi connectivity index (χ0n) is 17.9. The number of nitrogens with zero attached hydrogens (tertiary/aromatic N) is 3. The number of nitrogens with one attached hydrogen (secondary N) is 2. The number of para-hydroxylation sites is 1. The van der Waals surface area contributed by atoms with Crippen LogP contribution >= 0.6 is 0 Å². The van der Waals surface area contributed by atoms with Gasteiger partial charge in [0.1, 0.15) is 0 Å². The number of hydrogen-bond acceptors (Lipinski definition) is 6. The van der Waals surface area contributed by atoms with E-state index in [1.807, 2.05) is 18.2 Å². The Morgan fingerprint density at radius 3 is 2.38 bits per heavy atom. The molecule has 0 atom stereocenters. The number of rotatable bonds is 5. The van der Waals surface area contributed by atoms with Crippen molar-refractivity contribution in [1.29, 1.82) is 0 Å². The van der Waals surface area contributed by atoms with Crippen molar-refractivity contribution >= 4 is 23.3 Å². The van der Waals surface area contributed by atoms with Crippen molar-refractivity contribution in [1.82, 2.24) is 20.2 Å². The van der Waals surface area contributed by atoms with Crippen LogP contribution in [0.2, 0.25) is 0 Å². The first-order valence-electron chi connectivity index (χ1n) is 10.6. The van der Waals surface area contributed by atoms with E-state index in [4.69, 9.17) is 5.73 Å². The van der Waals surface area contributed by atoms with Gasteiger partial charge in [-0.15, -0.1) is 0 Å². The van der Waals surface area contributed by atoms with Gasteiger partial charge in [-0.05, 0) is 57.2 Å². The van der Waals surface area contributed by atoms with Gasteiger partial charge in [-0.3, -0.25) is 9.59 Å². The maximum atomic E-state index is 12.6.